The molecule has 2 heterocycles. The molecule has 5 unspecified atom stereocenters. The summed E-state index contributed by atoms with van der Waals surface area (Å²) in [5.41, 5.74) is -2.85. The Kier molecular flexibility index (Phi) is 9.10. The van der Waals surface area contributed by atoms with E-state index in [0.29, 0.717) is 24.3 Å². The highest BCUT2D eigenvalue weighted by molar-refractivity contribution is 5.93. The van der Waals surface area contributed by atoms with Gasteiger partial charge in [0.1, 0.15) is 41.0 Å². The van der Waals surface area contributed by atoms with E-state index in [0.717, 1.165) is 12.1 Å². The van der Waals surface area contributed by atoms with Crippen molar-refractivity contribution >= 4 is 22.9 Å². The van der Waals surface area contributed by atoms with Gasteiger partial charge in [-0.2, -0.15) is 0 Å². The van der Waals surface area contributed by atoms with Crippen LogP contribution in [0.25, 0.3) is 11.0 Å². The number of carbonyl (C=O) groups excluding carboxylic acids is 2. The Hall–Kier alpha value is -5.91. The highest BCUT2D eigenvalue weighted by Gasteiger charge is 2.52. The van der Waals surface area contributed by atoms with Gasteiger partial charge in [-0.05, 0) is 24.3 Å². The third kappa shape index (κ3) is 6.24. The number of aliphatic hydroxyl groups excluding tert-OH is 2. The second-order valence-electron chi connectivity index (χ2n) is 11.4. The van der Waals surface area contributed by atoms with Crippen molar-refractivity contribution in [2.75, 3.05) is 6.61 Å². The molecule has 10 N–H and O–H groups in total. The van der Waals surface area contributed by atoms with Gasteiger partial charge in [0, 0.05) is 18.1 Å². The molecule has 0 bridgehead atoms. The van der Waals surface area contributed by atoms with E-state index >= 15 is 0 Å². The summed E-state index contributed by atoms with van der Waals surface area (Å²) in [5.74, 6) is -10.3. The van der Waals surface area contributed by atoms with Crippen LogP contribution in [0.3, 0.4) is 0 Å². The molecule has 0 saturated carbocycles. The Labute approximate surface area is 274 Å². The van der Waals surface area contributed by atoms with Gasteiger partial charge in [0.05, 0.1) is 23.3 Å². The fraction of sp³-hybridized carbons (Fsp3) is 0.281. The maximum absolute atomic E-state index is 13.5. The lowest BCUT2D eigenvalue weighted by atomic mass is 9.89. The van der Waals surface area contributed by atoms with Crippen LogP contribution >= 0.6 is 0 Å². The van der Waals surface area contributed by atoms with E-state index in [4.69, 9.17) is 18.6 Å². The van der Waals surface area contributed by atoms with Crippen LogP contribution in [-0.4, -0.2) is 94.0 Å². The van der Waals surface area contributed by atoms with Crippen molar-refractivity contribution in [2.24, 2.45) is 0 Å². The largest absolute Gasteiger partial charge is 0.507 e. The van der Waals surface area contributed by atoms with Gasteiger partial charge in [-0.25, -0.2) is 9.59 Å². The summed E-state index contributed by atoms with van der Waals surface area (Å²) in [5, 5.41) is 102. The molecule has 260 valence electrons. The van der Waals surface area contributed by atoms with Crippen LogP contribution in [-0.2, 0) is 14.2 Å². The first-order valence-corrected chi connectivity index (χ1v) is 14.4. The molecule has 0 spiro atoms. The van der Waals surface area contributed by atoms with Crippen LogP contribution in [0.4, 0.5) is 0 Å². The third-order valence-electron chi connectivity index (χ3n) is 7.81. The van der Waals surface area contributed by atoms with Crippen molar-refractivity contribution in [2.45, 2.75) is 50.3 Å². The lowest BCUT2D eigenvalue weighted by Gasteiger charge is -2.43. The number of aliphatic hydroxyl groups is 2. The molecular weight excluding hydrogens is 656 g/mol. The van der Waals surface area contributed by atoms with Gasteiger partial charge in [-0.15, -0.1) is 0 Å². The molecule has 4 aromatic rings. The first kappa shape index (κ1) is 34.4. The predicted molar refractivity (Wildman–Crippen MR) is 162 cm³/mol. The number of aromatic hydroxyl groups is 8. The molecule has 0 aliphatic carbocycles. The summed E-state index contributed by atoms with van der Waals surface area (Å²) in [4.78, 5) is 39.9. The van der Waals surface area contributed by atoms with Crippen LogP contribution in [0.5, 0.6) is 46.0 Å². The van der Waals surface area contributed by atoms with Gasteiger partial charge in [0.2, 0.25) is 0 Å². The molecule has 0 amide bonds. The van der Waals surface area contributed by atoms with Gasteiger partial charge in [0.25, 0.3) is 0 Å². The number of phenolic OH excluding ortho intramolecular Hbond substituents is 8. The van der Waals surface area contributed by atoms with E-state index in [1.807, 2.05) is 0 Å². The number of hydrogen-bond donors (Lipinski definition) is 10. The predicted octanol–water partition coefficient (Wildman–Crippen LogP) is 1.81. The minimum Gasteiger partial charge on any atom is -0.507 e. The highest BCUT2D eigenvalue weighted by atomic mass is 16.6. The molecule has 1 fully saturated rings. The number of phenols is 8. The van der Waals surface area contributed by atoms with Gasteiger partial charge >= 0.3 is 11.9 Å². The van der Waals surface area contributed by atoms with Gasteiger partial charge in [0.15, 0.2) is 57.7 Å². The first-order chi connectivity index (χ1) is 23.0. The Bertz CT molecular complexity index is 1970. The molecular formula is C32H30O17. The number of rotatable bonds is 7. The van der Waals surface area contributed by atoms with Crippen molar-refractivity contribution in [1.29, 1.82) is 0 Å². The third-order valence-corrected chi connectivity index (χ3v) is 7.81. The minimum absolute atomic E-state index is 0.0804. The smallest absolute Gasteiger partial charge is 0.338 e. The Morgan fingerprint density at radius 3 is 1.69 bits per heavy atom. The quantitative estimate of drug-likeness (QED) is 0.0979. The zero-order valence-electron chi connectivity index (χ0n) is 25.5. The van der Waals surface area contributed by atoms with E-state index in [1.54, 1.807) is 13.8 Å². The molecule has 17 nitrogen and oxygen atoms in total. The molecule has 17 heteroatoms. The van der Waals surface area contributed by atoms with Crippen LogP contribution in [0.2, 0.25) is 0 Å². The fourth-order valence-electron chi connectivity index (χ4n) is 5.30. The number of ether oxygens (including phenoxy) is 3. The molecule has 3 aromatic carbocycles. The maximum Gasteiger partial charge on any atom is 0.338 e. The van der Waals surface area contributed by atoms with Crippen molar-refractivity contribution in [3.05, 3.63) is 69.1 Å². The van der Waals surface area contributed by atoms with Crippen LogP contribution < -0.4 is 5.43 Å². The number of benzene rings is 3. The molecule has 5 atom stereocenters. The summed E-state index contributed by atoms with van der Waals surface area (Å²) in [6, 6.07) is 4.66. The van der Waals surface area contributed by atoms with E-state index in [-0.39, 0.29) is 5.76 Å². The lowest BCUT2D eigenvalue weighted by molar-refractivity contribution is -0.231. The zero-order chi connectivity index (χ0) is 36.1. The SMILES string of the molecule is CC(C)c1cc(=O)c2c(O)cc(O)c(C3OC(CO)C(O)C(OC(=O)c4cc(O)c(O)c(O)c4)C3OC(=O)c3cc(O)c(O)c(O)c3)c2o1. The Morgan fingerprint density at radius 1 is 0.735 bits per heavy atom. The minimum atomic E-state index is -2.06. The van der Waals surface area contributed by atoms with Crippen LogP contribution in [0.1, 0.15) is 57.9 Å². The average molecular weight is 687 g/mol. The van der Waals surface area contributed by atoms with Crippen molar-refractivity contribution in [3.8, 4) is 46.0 Å². The number of carbonyl (C=O) groups is 2. The number of esters is 2. The lowest BCUT2D eigenvalue weighted by Crippen LogP contribution is -2.58. The van der Waals surface area contributed by atoms with E-state index < -0.39 is 134 Å². The monoisotopic (exact) mass is 686 g/mol. The average Bonchev–Trinajstić information content (AvgIpc) is 3.03. The Balaban J connectivity index is 1.72. The van der Waals surface area contributed by atoms with Crippen LogP contribution in [0.15, 0.2) is 45.6 Å². The van der Waals surface area contributed by atoms with E-state index in [2.05, 4.69) is 0 Å². The summed E-state index contributed by atoms with van der Waals surface area (Å²) in [7, 11) is 0. The molecule has 5 rings (SSSR count). The number of hydrogen-bond acceptors (Lipinski definition) is 17. The molecule has 1 aliphatic heterocycles. The normalized spacial score (nSPS) is 20.7. The van der Waals surface area contributed by atoms with E-state index in [9.17, 15) is 65.4 Å². The second-order valence-corrected chi connectivity index (χ2v) is 11.4. The Morgan fingerprint density at radius 2 is 1.22 bits per heavy atom. The first-order valence-electron chi connectivity index (χ1n) is 14.4. The van der Waals surface area contributed by atoms with Crippen molar-refractivity contribution in [1.82, 2.24) is 0 Å². The van der Waals surface area contributed by atoms with Crippen LogP contribution in [0, 0.1) is 0 Å². The standard InChI is InChI=1S/C32H30O17/c1-10(2)20-8-15(36)22-13(34)7-14(35)23(27(22)46-20)28-30(49-32(45)12-5-18(39)25(42)19(40)6-12)29(26(43)21(9-33)47-28)48-31(44)11-3-16(37)24(41)17(38)4-11/h3-8,10,21,26,28-30,33-35,37-43H,9H2,1-2H3. The molecule has 1 aromatic heterocycles. The van der Waals surface area contributed by atoms with Crippen molar-refractivity contribution < 1.29 is 79.3 Å². The fourth-order valence-corrected chi connectivity index (χ4v) is 5.30. The second kappa shape index (κ2) is 12.9. The summed E-state index contributed by atoms with van der Waals surface area (Å²) in [6.45, 7) is 2.37. The molecule has 1 aliphatic rings. The topological polar surface area (TPSA) is 294 Å². The molecule has 49 heavy (non-hydrogen) atoms. The number of fused-ring (bicyclic) bond motifs is 1. The highest BCUT2D eigenvalue weighted by Crippen LogP contribution is 2.46. The van der Waals surface area contributed by atoms with Gasteiger partial charge in [-0.3, -0.25) is 4.79 Å². The summed E-state index contributed by atoms with van der Waals surface area (Å²) < 4.78 is 22.8. The summed E-state index contributed by atoms with van der Waals surface area (Å²) >= 11 is 0. The molecule has 1 saturated heterocycles. The van der Waals surface area contributed by atoms with Gasteiger partial charge in [-0.1, -0.05) is 13.8 Å². The maximum atomic E-state index is 13.5. The van der Waals surface area contributed by atoms with Crippen molar-refractivity contribution in [3.63, 3.8) is 0 Å². The molecule has 0 radical (unpaired) electrons. The van der Waals surface area contributed by atoms with Gasteiger partial charge < -0.3 is 69.7 Å². The summed E-state index contributed by atoms with van der Waals surface area (Å²) in [6.07, 6.45) is -9.68. The zero-order valence-corrected chi connectivity index (χ0v) is 25.5. The van der Waals surface area contributed by atoms with E-state index in [1.165, 1.54) is 0 Å².